The van der Waals surface area contributed by atoms with Gasteiger partial charge in [-0.1, -0.05) is 13.0 Å². The summed E-state index contributed by atoms with van der Waals surface area (Å²) in [7, 11) is 0. The summed E-state index contributed by atoms with van der Waals surface area (Å²) >= 11 is 0. The van der Waals surface area contributed by atoms with Crippen molar-refractivity contribution >= 4 is 5.78 Å². The van der Waals surface area contributed by atoms with Crippen molar-refractivity contribution in [2.24, 2.45) is 11.3 Å². The Labute approximate surface area is 62.1 Å². The lowest BCUT2D eigenvalue weighted by Gasteiger charge is -2.43. The third-order valence-electron chi connectivity index (χ3n) is 2.72. The van der Waals surface area contributed by atoms with Crippen molar-refractivity contribution in [3.05, 3.63) is 12.7 Å². The van der Waals surface area contributed by atoms with E-state index in [1.807, 2.05) is 6.08 Å². The SMILES string of the molecule is C=CC1(C)CCC1C(C)=O. The van der Waals surface area contributed by atoms with Crippen molar-refractivity contribution in [3.63, 3.8) is 0 Å². The van der Waals surface area contributed by atoms with E-state index >= 15 is 0 Å². The molecule has 0 aromatic heterocycles. The van der Waals surface area contributed by atoms with Gasteiger partial charge in [0.05, 0.1) is 0 Å². The van der Waals surface area contributed by atoms with Crippen LogP contribution in [0.15, 0.2) is 12.7 Å². The third-order valence-corrected chi connectivity index (χ3v) is 2.72. The number of hydrogen-bond donors (Lipinski definition) is 0. The second kappa shape index (κ2) is 2.22. The molecule has 0 amide bonds. The molecule has 2 unspecified atom stereocenters. The van der Waals surface area contributed by atoms with Crippen LogP contribution in [0.5, 0.6) is 0 Å². The minimum Gasteiger partial charge on any atom is -0.300 e. The molecule has 0 aromatic rings. The molecule has 1 saturated carbocycles. The monoisotopic (exact) mass is 138 g/mol. The maximum atomic E-state index is 11.0. The maximum Gasteiger partial charge on any atom is 0.133 e. The van der Waals surface area contributed by atoms with Crippen LogP contribution in [0.1, 0.15) is 26.7 Å². The Morgan fingerprint density at radius 2 is 2.40 bits per heavy atom. The number of Topliss-reactive ketones (excluding diaryl/α,β-unsaturated/α-hetero) is 1. The van der Waals surface area contributed by atoms with Gasteiger partial charge >= 0.3 is 0 Å². The van der Waals surface area contributed by atoms with Crippen LogP contribution in [0, 0.1) is 11.3 Å². The number of hydrogen-bond acceptors (Lipinski definition) is 1. The quantitative estimate of drug-likeness (QED) is 0.534. The number of carbonyl (C=O) groups is 1. The second-order valence-corrected chi connectivity index (χ2v) is 3.41. The van der Waals surface area contributed by atoms with Gasteiger partial charge in [0.1, 0.15) is 5.78 Å². The van der Waals surface area contributed by atoms with E-state index in [4.69, 9.17) is 0 Å². The Balaban J connectivity index is 2.66. The van der Waals surface area contributed by atoms with Crippen LogP contribution in [0.2, 0.25) is 0 Å². The summed E-state index contributed by atoms with van der Waals surface area (Å²) in [4.78, 5) is 11.0. The fraction of sp³-hybridized carbons (Fsp3) is 0.667. The highest BCUT2D eigenvalue weighted by atomic mass is 16.1. The summed E-state index contributed by atoms with van der Waals surface area (Å²) in [5, 5.41) is 0. The first-order valence-electron chi connectivity index (χ1n) is 3.74. The minimum absolute atomic E-state index is 0.117. The summed E-state index contributed by atoms with van der Waals surface area (Å²) in [5.74, 6) is 0.568. The molecule has 1 heteroatoms. The molecule has 1 aliphatic rings. The first-order valence-corrected chi connectivity index (χ1v) is 3.74. The molecule has 1 fully saturated rings. The van der Waals surface area contributed by atoms with Crippen LogP contribution in [0.25, 0.3) is 0 Å². The molecule has 10 heavy (non-hydrogen) atoms. The number of rotatable bonds is 2. The van der Waals surface area contributed by atoms with Crippen molar-refractivity contribution < 1.29 is 4.79 Å². The van der Waals surface area contributed by atoms with Gasteiger partial charge in [0.15, 0.2) is 0 Å². The van der Waals surface area contributed by atoms with Crippen LogP contribution >= 0.6 is 0 Å². The van der Waals surface area contributed by atoms with Crippen molar-refractivity contribution in [1.29, 1.82) is 0 Å². The van der Waals surface area contributed by atoms with E-state index < -0.39 is 0 Å². The van der Waals surface area contributed by atoms with Crippen LogP contribution in [-0.2, 0) is 4.79 Å². The van der Waals surface area contributed by atoms with Crippen LogP contribution in [0.4, 0.5) is 0 Å². The predicted molar refractivity (Wildman–Crippen MR) is 41.7 cm³/mol. The zero-order valence-electron chi connectivity index (χ0n) is 6.68. The van der Waals surface area contributed by atoms with Gasteiger partial charge in [-0.25, -0.2) is 0 Å². The summed E-state index contributed by atoms with van der Waals surface area (Å²) in [6.45, 7) is 7.51. The summed E-state index contributed by atoms with van der Waals surface area (Å²) in [6, 6.07) is 0. The standard InChI is InChI=1S/C9H14O/c1-4-9(3)6-5-8(9)7(2)10/h4,8H,1,5-6H2,2-3H3. The molecule has 0 aliphatic heterocycles. The fourth-order valence-electron chi connectivity index (χ4n) is 1.66. The van der Waals surface area contributed by atoms with Gasteiger partial charge in [-0.3, -0.25) is 4.79 Å². The Kier molecular flexibility index (Phi) is 1.67. The summed E-state index contributed by atoms with van der Waals surface area (Å²) < 4.78 is 0. The van der Waals surface area contributed by atoms with Crippen LogP contribution in [-0.4, -0.2) is 5.78 Å². The second-order valence-electron chi connectivity index (χ2n) is 3.41. The molecule has 56 valence electrons. The Hall–Kier alpha value is -0.590. The minimum atomic E-state index is 0.117. The molecule has 0 saturated heterocycles. The molecule has 0 aromatic carbocycles. The normalized spacial score (nSPS) is 38.4. The molecular weight excluding hydrogens is 124 g/mol. The van der Waals surface area contributed by atoms with Crippen molar-refractivity contribution in [2.45, 2.75) is 26.7 Å². The molecule has 2 atom stereocenters. The first-order chi connectivity index (χ1) is 4.60. The molecule has 1 aliphatic carbocycles. The molecule has 0 heterocycles. The van der Waals surface area contributed by atoms with Crippen LogP contribution in [0.3, 0.4) is 0 Å². The van der Waals surface area contributed by atoms with Gasteiger partial charge in [0.2, 0.25) is 0 Å². The van der Waals surface area contributed by atoms with E-state index in [0.717, 1.165) is 12.8 Å². The topological polar surface area (TPSA) is 17.1 Å². The lowest BCUT2D eigenvalue weighted by atomic mass is 9.60. The largest absolute Gasteiger partial charge is 0.300 e. The van der Waals surface area contributed by atoms with Gasteiger partial charge in [0, 0.05) is 5.92 Å². The van der Waals surface area contributed by atoms with Crippen molar-refractivity contribution in [1.82, 2.24) is 0 Å². The summed E-state index contributed by atoms with van der Waals surface area (Å²) in [6.07, 6.45) is 4.10. The zero-order valence-corrected chi connectivity index (χ0v) is 6.68. The molecule has 0 bridgehead atoms. The highest BCUT2D eigenvalue weighted by Crippen LogP contribution is 2.47. The van der Waals surface area contributed by atoms with Gasteiger partial charge in [-0.05, 0) is 25.2 Å². The van der Waals surface area contributed by atoms with Crippen molar-refractivity contribution in [2.75, 3.05) is 0 Å². The predicted octanol–water partition coefficient (Wildman–Crippen LogP) is 2.18. The molecule has 1 nitrogen and oxygen atoms in total. The third kappa shape index (κ3) is 0.898. The average molecular weight is 138 g/mol. The number of ketones is 1. The van der Waals surface area contributed by atoms with E-state index in [-0.39, 0.29) is 11.3 Å². The van der Waals surface area contributed by atoms with E-state index in [1.54, 1.807) is 6.92 Å². The number of carbonyl (C=O) groups excluding carboxylic acids is 1. The summed E-state index contributed by atoms with van der Waals surface area (Å²) in [5.41, 5.74) is 0.117. The van der Waals surface area contributed by atoms with Crippen LogP contribution < -0.4 is 0 Å². The first kappa shape index (κ1) is 7.52. The lowest BCUT2D eigenvalue weighted by molar-refractivity contribution is -0.128. The average Bonchev–Trinajstić information content (AvgIpc) is 1.83. The zero-order chi connectivity index (χ0) is 7.78. The molecule has 1 rings (SSSR count). The van der Waals surface area contributed by atoms with E-state index in [9.17, 15) is 4.79 Å². The van der Waals surface area contributed by atoms with Gasteiger partial charge < -0.3 is 0 Å². The fourth-order valence-corrected chi connectivity index (χ4v) is 1.66. The van der Waals surface area contributed by atoms with E-state index in [0.29, 0.717) is 5.78 Å². The van der Waals surface area contributed by atoms with E-state index in [2.05, 4.69) is 13.5 Å². The molecule has 0 N–H and O–H groups in total. The molecule has 0 spiro atoms. The van der Waals surface area contributed by atoms with Crippen molar-refractivity contribution in [3.8, 4) is 0 Å². The Morgan fingerprint density at radius 1 is 1.80 bits per heavy atom. The number of allylic oxidation sites excluding steroid dienone is 1. The molecular formula is C9H14O. The Morgan fingerprint density at radius 3 is 2.50 bits per heavy atom. The highest BCUT2D eigenvalue weighted by molar-refractivity contribution is 5.80. The lowest BCUT2D eigenvalue weighted by Crippen LogP contribution is -2.39. The maximum absolute atomic E-state index is 11.0. The van der Waals surface area contributed by atoms with E-state index in [1.165, 1.54) is 0 Å². The highest BCUT2D eigenvalue weighted by Gasteiger charge is 2.42. The molecule has 0 radical (unpaired) electrons. The Bertz CT molecular complexity index is 172. The van der Waals surface area contributed by atoms with Gasteiger partial charge in [0.25, 0.3) is 0 Å². The van der Waals surface area contributed by atoms with Gasteiger partial charge in [-0.15, -0.1) is 6.58 Å². The smallest absolute Gasteiger partial charge is 0.133 e. The van der Waals surface area contributed by atoms with Gasteiger partial charge in [-0.2, -0.15) is 0 Å².